The van der Waals surface area contributed by atoms with Gasteiger partial charge in [-0.2, -0.15) is 0 Å². The summed E-state index contributed by atoms with van der Waals surface area (Å²) in [5.41, 5.74) is 1.68. The second kappa shape index (κ2) is 6.26. The summed E-state index contributed by atoms with van der Waals surface area (Å²) in [6.45, 7) is 0. The molecule has 0 spiro atoms. The van der Waals surface area contributed by atoms with E-state index in [4.69, 9.17) is 0 Å². The number of nitrogens with zero attached hydrogens (tertiary/aromatic N) is 2. The molecule has 4 rings (SSSR count). The van der Waals surface area contributed by atoms with Crippen LogP contribution in [0.5, 0.6) is 5.75 Å². The summed E-state index contributed by atoms with van der Waals surface area (Å²) >= 11 is 3.32. The van der Waals surface area contributed by atoms with E-state index in [-0.39, 0.29) is 10.6 Å². The molecule has 1 aromatic heterocycles. The third-order valence-electron chi connectivity index (χ3n) is 4.00. The van der Waals surface area contributed by atoms with Gasteiger partial charge in [0, 0.05) is 10.0 Å². The molecule has 4 aromatic rings. The van der Waals surface area contributed by atoms with Crippen molar-refractivity contribution in [2.45, 2.75) is 4.90 Å². The molecule has 0 fully saturated rings. The molecular formula is C19H13BrN2O3S. The van der Waals surface area contributed by atoms with Gasteiger partial charge in [0.1, 0.15) is 5.75 Å². The number of rotatable bonds is 3. The van der Waals surface area contributed by atoms with Gasteiger partial charge in [-0.15, -0.1) is 0 Å². The maximum atomic E-state index is 13.3. The average Bonchev–Trinajstić information content (AvgIpc) is 3.03. The predicted molar refractivity (Wildman–Crippen MR) is 104 cm³/mol. The zero-order chi connectivity index (χ0) is 18.3. The van der Waals surface area contributed by atoms with Crippen molar-refractivity contribution in [1.29, 1.82) is 0 Å². The van der Waals surface area contributed by atoms with Gasteiger partial charge in [-0.05, 0) is 60.7 Å². The number of aromatic nitrogens is 2. The maximum Gasteiger partial charge on any atom is 0.269 e. The number of halogens is 1. The Morgan fingerprint density at radius 3 is 2.23 bits per heavy atom. The van der Waals surface area contributed by atoms with Crippen LogP contribution in [0.2, 0.25) is 0 Å². The highest BCUT2D eigenvalue weighted by Gasteiger charge is 2.25. The van der Waals surface area contributed by atoms with Crippen LogP contribution in [-0.2, 0) is 10.0 Å². The molecule has 5 nitrogen and oxygen atoms in total. The van der Waals surface area contributed by atoms with E-state index in [9.17, 15) is 13.5 Å². The third-order valence-corrected chi connectivity index (χ3v) is 6.24. The van der Waals surface area contributed by atoms with E-state index < -0.39 is 10.0 Å². The Morgan fingerprint density at radius 2 is 1.54 bits per heavy atom. The summed E-state index contributed by atoms with van der Waals surface area (Å²) in [5.74, 6) is 0.404. The molecule has 0 unspecified atom stereocenters. The van der Waals surface area contributed by atoms with Gasteiger partial charge in [0.05, 0.1) is 15.9 Å². The lowest BCUT2D eigenvalue weighted by molar-refractivity contribution is 0.475. The van der Waals surface area contributed by atoms with Crippen molar-refractivity contribution >= 4 is 37.0 Å². The molecule has 0 aliphatic heterocycles. The molecule has 1 N–H and O–H groups in total. The minimum atomic E-state index is -3.86. The van der Waals surface area contributed by atoms with E-state index in [0.29, 0.717) is 22.4 Å². The normalized spacial score (nSPS) is 11.7. The Kier molecular flexibility index (Phi) is 4.05. The molecule has 0 amide bonds. The minimum absolute atomic E-state index is 0.104. The molecule has 130 valence electrons. The van der Waals surface area contributed by atoms with Crippen LogP contribution in [0.4, 0.5) is 0 Å². The van der Waals surface area contributed by atoms with E-state index in [0.717, 1.165) is 4.47 Å². The largest absolute Gasteiger partial charge is 0.508 e. The monoisotopic (exact) mass is 428 g/mol. The van der Waals surface area contributed by atoms with Crippen LogP contribution >= 0.6 is 15.9 Å². The van der Waals surface area contributed by atoms with Crippen LogP contribution in [0.1, 0.15) is 0 Å². The lowest BCUT2D eigenvalue weighted by atomic mass is 10.2. The Labute approximate surface area is 158 Å². The molecule has 3 aromatic carbocycles. The second-order valence-corrected chi connectivity index (χ2v) is 8.40. The predicted octanol–water partition coefficient (Wildman–Crippen LogP) is 4.41. The van der Waals surface area contributed by atoms with Crippen molar-refractivity contribution in [2.75, 3.05) is 0 Å². The summed E-state index contributed by atoms with van der Waals surface area (Å²) in [6.07, 6.45) is 0. The number of aromatic hydroxyl groups is 1. The summed E-state index contributed by atoms with van der Waals surface area (Å²) < 4.78 is 28.7. The molecule has 26 heavy (non-hydrogen) atoms. The van der Waals surface area contributed by atoms with Gasteiger partial charge in [0.25, 0.3) is 10.0 Å². The molecule has 1 heterocycles. The molecule has 0 aliphatic rings. The first-order valence-corrected chi connectivity index (χ1v) is 9.98. The van der Waals surface area contributed by atoms with E-state index in [1.165, 1.54) is 16.1 Å². The molecule has 0 radical (unpaired) electrons. The van der Waals surface area contributed by atoms with Crippen molar-refractivity contribution < 1.29 is 13.5 Å². The van der Waals surface area contributed by atoms with Crippen molar-refractivity contribution in [1.82, 2.24) is 8.96 Å². The Balaban J connectivity index is 2.03. The van der Waals surface area contributed by atoms with Crippen LogP contribution in [0.3, 0.4) is 0 Å². The first-order chi connectivity index (χ1) is 12.5. The number of hydrogen-bond acceptors (Lipinski definition) is 4. The lowest BCUT2D eigenvalue weighted by Gasteiger charge is -2.11. The molecule has 7 heteroatoms. The highest BCUT2D eigenvalue weighted by molar-refractivity contribution is 9.10. The van der Waals surface area contributed by atoms with Gasteiger partial charge in [-0.25, -0.2) is 17.4 Å². The number of para-hydroxylation sites is 2. The topological polar surface area (TPSA) is 72.2 Å². The Bertz CT molecular complexity index is 1200. The van der Waals surface area contributed by atoms with Crippen LogP contribution in [0.15, 0.2) is 82.2 Å². The standard InChI is InChI=1S/C19H13BrN2O3S/c20-14-7-11-16(12-8-14)26(24,25)22-18-4-2-1-3-17(18)21-19(22)13-5-9-15(23)10-6-13/h1-12,23H. The maximum absolute atomic E-state index is 13.3. The fourth-order valence-electron chi connectivity index (χ4n) is 2.75. The van der Waals surface area contributed by atoms with Gasteiger partial charge in [-0.3, -0.25) is 0 Å². The quantitative estimate of drug-likeness (QED) is 0.524. The summed E-state index contributed by atoms with van der Waals surface area (Å²) in [7, 11) is -3.86. The number of benzene rings is 3. The first kappa shape index (κ1) is 16.8. The Morgan fingerprint density at radius 1 is 0.885 bits per heavy atom. The fourth-order valence-corrected chi connectivity index (χ4v) is 4.49. The number of phenols is 1. The Hall–Kier alpha value is -2.64. The molecule has 0 bridgehead atoms. The highest BCUT2D eigenvalue weighted by Crippen LogP contribution is 2.30. The minimum Gasteiger partial charge on any atom is -0.508 e. The van der Waals surface area contributed by atoms with Gasteiger partial charge in [-0.1, -0.05) is 28.1 Å². The number of fused-ring (bicyclic) bond motifs is 1. The smallest absolute Gasteiger partial charge is 0.269 e. The SMILES string of the molecule is O=S(=O)(c1ccc(Br)cc1)n1c(-c2ccc(O)cc2)nc2ccccc21. The molecule has 0 saturated carbocycles. The number of phenolic OH excluding ortho intramolecular Hbond substituents is 1. The van der Waals surface area contributed by atoms with Crippen LogP contribution < -0.4 is 0 Å². The number of imidazole rings is 1. The zero-order valence-corrected chi connectivity index (χ0v) is 15.8. The first-order valence-electron chi connectivity index (χ1n) is 7.75. The zero-order valence-electron chi connectivity index (χ0n) is 13.4. The van der Waals surface area contributed by atoms with Crippen molar-refractivity contribution in [3.8, 4) is 17.1 Å². The average molecular weight is 429 g/mol. The van der Waals surface area contributed by atoms with E-state index >= 15 is 0 Å². The van der Waals surface area contributed by atoms with Crippen LogP contribution in [0.25, 0.3) is 22.4 Å². The van der Waals surface area contributed by atoms with E-state index in [1.807, 2.05) is 6.07 Å². The summed E-state index contributed by atoms with van der Waals surface area (Å²) in [6, 6.07) is 19.9. The van der Waals surface area contributed by atoms with E-state index in [1.54, 1.807) is 54.6 Å². The lowest BCUT2D eigenvalue weighted by Crippen LogP contribution is -2.14. The number of hydrogen-bond donors (Lipinski definition) is 1. The third kappa shape index (κ3) is 2.79. The van der Waals surface area contributed by atoms with Crippen LogP contribution in [0, 0.1) is 0 Å². The fraction of sp³-hybridized carbons (Fsp3) is 0. The molecule has 0 saturated heterocycles. The van der Waals surface area contributed by atoms with Gasteiger partial charge in [0.2, 0.25) is 0 Å². The van der Waals surface area contributed by atoms with E-state index in [2.05, 4.69) is 20.9 Å². The van der Waals surface area contributed by atoms with Crippen molar-refractivity contribution in [2.24, 2.45) is 0 Å². The van der Waals surface area contributed by atoms with Gasteiger partial charge >= 0.3 is 0 Å². The molecular weight excluding hydrogens is 416 g/mol. The summed E-state index contributed by atoms with van der Waals surface area (Å²) in [4.78, 5) is 4.69. The van der Waals surface area contributed by atoms with Crippen LogP contribution in [-0.4, -0.2) is 22.5 Å². The van der Waals surface area contributed by atoms with Crippen molar-refractivity contribution in [3.63, 3.8) is 0 Å². The van der Waals surface area contributed by atoms with Gasteiger partial charge in [0.15, 0.2) is 5.82 Å². The molecule has 0 aliphatic carbocycles. The molecule has 0 atom stereocenters. The summed E-state index contributed by atoms with van der Waals surface area (Å²) in [5, 5.41) is 9.53. The van der Waals surface area contributed by atoms with Crippen molar-refractivity contribution in [3.05, 3.63) is 77.3 Å². The highest BCUT2D eigenvalue weighted by atomic mass is 79.9. The van der Waals surface area contributed by atoms with Gasteiger partial charge < -0.3 is 5.11 Å². The second-order valence-electron chi connectivity index (χ2n) is 5.69.